The van der Waals surface area contributed by atoms with Crippen molar-refractivity contribution in [3.05, 3.63) is 42.6 Å². The molecule has 2 heterocycles. The van der Waals surface area contributed by atoms with Gasteiger partial charge in [-0.15, -0.1) is 0 Å². The van der Waals surface area contributed by atoms with Gasteiger partial charge in [0.1, 0.15) is 11.7 Å². The standard InChI is InChI=1S/C15H18N4/c1-11-17-15(10-14(16-2)18(11)3)19-9-8-12-6-4-5-7-13(12)19/h4-11,17H,1-3H3. The molecule has 0 radical (unpaired) electrons. The fourth-order valence-electron chi connectivity index (χ4n) is 2.43. The molecule has 1 unspecified atom stereocenters. The van der Waals surface area contributed by atoms with Crippen molar-refractivity contribution >= 4 is 22.6 Å². The third kappa shape index (κ3) is 1.89. The van der Waals surface area contributed by atoms with Crippen LogP contribution >= 0.6 is 0 Å². The minimum absolute atomic E-state index is 0.222. The number of rotatable bonds is 1. The largest absolute Gasteiger partial charge is 0.351 e. The first-order valence-corrected chi connectivity index (χ1v) is 6.45. The number of aliphatic imine (C=N–C) groups is 1. The Labute approximate surface area is 113 Å². The number of nitrogens with one attached hydrogen (secondary N) is 1. The molecule has 1 aromatic heterocycles. The van der Waals surface area contributed by atoms with Gasteiger partial charge in [-0.3, -0.25) is 4.99 Å². The molecule has 4 heteroatoms. The molecule has 1 N–H and O–H groups in total. The van der Waals surface area contributed by atoms with Crippen LogP contribution in [0.2, 0.25) is 0 Å². The van der Waals surface area contributed by atoms with Gasteiger partial charge >= 0.3 is 0 Å². The van der Waals surface area contributed by atoms with Crippen LogP contribution in [0.25, 0.3) is 16.7 Å². The Morgan fingerprint density at radius 2 is 2.00 bits per heavy atom. The van der Waals surface area contributed by atoms with Gasteiger partial charge in [-0.25, -0.2) is 0 Å². The average molecular weight is 254 g/mol. The Hall–Kier alpha value is -2.23. The third-order valence-corrected chi connectivity index (χ3v) is 3.65. The van der Waals surface area contributed by atoms with Crippen LogP contribution in [0.4, 0.5) is 0 Å². The summed E-state index contributed by atoms with van der Waals surface area (Å²) in [6.07, 6.45) is 4.39. The van der Waals surface area contributed by atoms with E-state index in [1.807, 2.05) is 14.1 Å². The summed E-state index contributed by atoms with van der Waals surface area (Å²) in [5.41, 5.74) is 1.20. The fraction of sp³-hybridized carbons (Fsp3) is 0.267. The molecule has 0 aliphatic carbocycles. The molecule has 4 nitrogen and oxygen atoms in total. The molecule has 1 atom stereocenters. The first kappa shape index (κ1) is 11.8. The maximum atomic E-state index is 4.33. The van der Waals surface area contributed by atoms with Gasteiger partial charge in [0.15, 0.2) is 0 Å². The molecule has 2 aromatic rings. The van der Waals surface area contributed by atoms with Gasteiger partial charge in [-0.1, -0.05) is 18.2 Å². The van der Waals surface area contributed by atoms with Crippen LogP contribution in [-0.2, 0) is 0 Å². The zero-order valence-electron chi connectivity index (χ0n) is 11.5. The molecule has 0 saturated heterocycles. The zero-order chi connectivity index (χ0) is 13.4. The van der Waals surface area contributed by atoms with Crippen molar-refractivity contribution in [1.29, 1.82) is 0 Å². The number of likely N-dealkylation sites (N-methyl/N-ethyl adjacent to an activating group) is 1. The van der Waals surface area contributed by atoms with Crippen molar-refractivity contribution in [3.63, 3.8) is 0 Å². The molecule has 98 valence electrons. The predicted molar refractivity (Wildman–Crippen MR) is 79.9 cm³/mol. The van der Waals surface area contributed by atoms with Gasteiger partial charge in [0, 0.05) is 26.4 Å². The van der Waals surface area contributed by atoms with E-state index in [1.54, 1.807) is 0 Å². The van der Waals surface area contributed by atoms with E-state index >= 15 is 0 Å². The lowest BCUT2D eigenvalue weighted by molar-refractivity contribution is 0.353. The average Bonchev–Trinajstić information content (AvgIpc) is 2.85. The summed E-state index contributed by atoms with van der Waals surface area (Å²) in [4.78, 5) is 6.45. The van der Waals surface area contributed by atoms with Crippen molar-refractivity contribution in [3.8, 4) is 0 Å². The second kappa shape index (κ2) is 4.46. The Kier molecular flexibility index (Phi) is 2.78. The number of benzene rings is 1. The predicted octanol–water partition coefficient (Wildman–Crippen LogP) is 2.35. The molecule has 1 aromatic carbocycles. The molecular weight excluding hydrogens is 236 g/mol. The monoisotopic (exact) mass is 254 g/mol. The van der Waals surface area contributed by atoms with Gasteiger partial charge in [0.05, 0.1) is 11.7 Å². The van der Waals surface area contributed by atoms with Gasteiger partial charge in [-0.05, 0) is 24.4 Å². The number of hydrogen-bond acceptors (Lipinski definition) is 2. The normalized spacial score (nSPS) is 21.6. The zero-order valence-corrected chi connectivity index (χ0v) is 11.5. The molecule has 3 rings (SSSR count). The van der Waals surface area contributed by atoms with Crippen LogP contribution in [0.1, 0.15) is 6.92 Å². The summed E-state index contributed by atoms with van der Waals surface area (Å²) in [7, 11) is 3.87. The number of para-hydroxylation sites is 1. The van der Waals surface area contributed by atoms with Crippen molar-refractivity contribution < 1.29 is 0 Å². The number of fused-ring (bicyclic) bond motifs is 1. The molecule has 0 saturated carbocycles. The van der Waals surface area contributed by atoms with E-state index in [0.29, 0.717) is 0 Å². The topological polar surface area (TPSA) is 32.6 Å². The summed E-state index contributed by atoms with van der Waals surface area (Å²) in [5.74, 6) is 2.05. The Morgan fingerprint density at radius 1 is 1.21 bits per heavy atom. The number of hydrogen-bond donors (Lipinski definition) is 1. The number of aromatic nitrogens is 1. The van der Waals surface area contributed by atoms with Crippen LogP contribution in [0, 0.1) is 0 Å². The second-order valence-electron chi connectivity index (χ2n) is 4.79. The van der Waals surface area contributed by atoms with Crippen LogP contribution in [0.3, 0.4) is 0 Å². The summed E-state index contributed by atoms with van der Waals surface area (Å²) in [6, 6.07) is 10.5. The number of amidine groups is 1. The van der Waals surface area contributed by atoms with Crippen LogP contribution < -0.4 is 5.32 Å². The minimum atomic E-state index is 0.222. The van der Waals surface area contributed by atoms with Crippen molar-refractivity contribution in [2.45, 2.75) is 13.1 Å². The SMILES string of the molecule is CN=C1C=C(n2ccc3ccccc32)NC(C)N1C. The molecule has 19 heavy (non-hydrogen) atoms. The maximum absolute atomic E-state index is 4.33. The molecule has 0 amide bonds. The molecule has 0 bridgehead atoms. The van der Waals surface area contributed by atoms with Crippen LogP contribution in [0.15, 0.2) is 47.6 Å². The smallest absolute Gasteiger partial charge is 0.128 e. The van der Waals surface area contributed by atoms with Crippen molar-refractivity contribution in [2.75, 3.05) is 14.1 Å². The van der Waals surface area contributed by atoms with E-state index in [4.69, 9.17) is 0 Å². The van der Waals surface area contributed by atoms with E-state index < -0.39 is 0 Å². The number of nitrogens with zero attached hydrogens (tertiary/aromatic N) is 3. The summed E-state index contributed by atoms with van der Waals surface area (Å²) < 4.78 is 2.17. The van der Waals surface area contributed by atoms with Crippen molar-refractivity contribution in [2.24, 2.45) is 4.99 Å². The summed E-state index contributed by atoms with van der Waals surface area (Å²) in [5, 5.41) is 4.74. The molecule has 1 aliphatic heterocycles. The van der Waals surface area contributed by atoms with Crippen molar-refractivity contribution in [1.82, 2.24) is 14.8 Å². The molecule has 1 aliphatic rings. The van der Waals surface area contributed by atoms with Gasteiger partial charge in [-0.2, -0.15) is 0 Å². The quantitative estimate of drug-likeness (QED) is 0.847. The molecule has 0 spiro atoms. The van der Waals surface area contributed by atoms with E-state index in [-0.39, 0.29) is 6.17 Å². The summed E-state index contributed by atoms with van der Waals surface area (Å²) >= 11 is 0. The highest BCUT2D eigenvalue weighted by Gasteiger charge is 2.20. The fourth-order valence-corrected chi connectivity index (χ4v) is 2.43. The Bertz CT molecular complexity index is 666. The first-order chi connectivity index (χ1) is 9.20. The van der Waals surface area contributed by atoms with Gasteiger partial charge in [0.25, 0.3) is 0 Å². The van der Waals surface area contributed by atoms with E-state index in [9.17, 15) is 0 Å². The van der Waals surface area contributed by atoms with Gasteiger partial charge in [0.2, 0.25) is 0 Å². The van der Waals surface area contributed by atoms with Crippen LogP contribution in [-0.4, -0.2) is 35.6 Å². The maximum Gasteiger partial charge on any atom is 0.128 e. The second-order valence-corrected chi connectivity index (χ2v) is 4.79. The third-order valence-electron chi connectivity index (χ3n) is 3.65. The molecule has 0 fully saturated rings. The lowest BCUT2D eigenvalue weighted by atomic mass is 10.2. The minimum Gasteiger partial charge on any atom is -0.351 e. The highest BCUT2D eigenvalue weighted by atomic mass is 15.3. The van der Waals surface area contributed by atoms with E-state index in [2.05, 4.69) is 69.3 Å². The first-order valence-electron chi connectivity index (χ1n) is 6.45. The van der Waals surface area contributed by atoms with E-state index in [0.717, 1.165) is 11.7 Å². The van der Waals surface area contributed by atoms with E-state index in [1.165, 1.54) is 10.9 Å². The highest BCUT2D eigenvalue weighted by Crippen LogP contribution is 2.20. The molecular formula is C15H18N4. The van der Waals surface area contributed by atoms with Gasteiger partial charge < -0.3 is 14.8 Å². The van der Waals surface area contributed by atoms with Crippen LogP contribution in [0.5, 0.6) is 0 Å². The Balaban J connectivity index is 2.11. The Morgan fingerprint density at radius 3 is 2.79 bits per heavy atom. The lowest BCUT2D eigenvalue weighted by Gasteiger charge is -2.34. The highest BCUT2D eigenvalue weighted by molar-refractivity contribution is 5.99. The summed E-state index contributed by atoms with van der Waals surface area (Å²) in [6.45, 7) is 2.13. The lowest BCUT2D eigenvalue weighted by Crippen LogP contribution is -2.47.